The van der Waals surface area contributed by atoms with Gasteiger partial charge in [-0.15, -0.1) is 0 Å². The summed E-state index contributed by atoms with van der Waals surface area (Å²) >= 11 is 0. The zero-order valence-corrected chi connectivity index (χ0v) is 11.8. The van der Waals surface area contributed by atoms with Crippen LogP contribution in [0.15, 0.2) is 42.5 Å². The fourth-order valence-corrected chi connectivity index (χ4v) is 2.68. The fourth-order valence-electron chi connectivity index (χ4n) is 2.68. The van der Waals surface area contributed by atoms with E-state index in [9.17, 15) is 15.0 Å². The van der Waals surface area contributed by atoms with E-state index in [4.69, 9.17) is 0 Å². The van der Waals surface area contributed by atoms with E-state index in [-0.39, 0.29) is 24.0 Å². The first-order valence-electron chi connectivity index (χ1n) is 7.19. The van der Waals surface area contributed by atoms with Gasteiger partial charge in [0, 0.05) is 18.3 Å². The molecule has 0 spiro atoms. The molecule has 1 aliphatic carbocycles. The molecule has 0 radical (unpaired) electrons. The van der Waals surface area contributed by atoms with Crippen LogP contribution in [0.4, 0.5) is 0 Å². The topological polar surface area (TPSA) is 57.5 Å². The molecule has 1 saturated carbocycles. The number of benzene rings is 1. The Hall–Kier alpha value is -1.45. The molecule has 108 valence electrons. The van der Waals surface area contributed by atoms with Crippen LogP contribution in [0, 0.1) is 11.8 Å². The van der Waals surface area contributed by atoms with Crippen molar-refractivity contribution in [3.8, 4) is 0 Å². The van der Waals surface area contributed by atoms with Gasteiger partial charge in [0.1, 0.15) is 5.78 Å². The van der Waals surface area contributed by atoms with Crippen molar-refractivity contribution in [3.63, 3.8) is 0 Å². The summed E-state index contributed by atoms with van der Waals surface area (Å²) in [5.41, 5.74) is 1.20. The highest BCUT2D eigenvalue weighted by atomic mass is 16.3. The number of aliphatic hydroxyl groups excluding tert-OH is 2. The Morgan fingerprint density at radius 2 is 2.05 bits per heavy atom. The molecule has 1 aromatic rings. The second-order valence-electron chi connectivity index (χ2n) is 5.58. The lowest BCUT2D eigenvalue weighted by Crippen LogP contribution is -2.16. The van der Waals surface area contributed by atoms with Crippen molar-refractivity contribution in [2.45, 2.75) is 38.4 Å². The van der Waals surface area contributed by atoms with Crippen molar-refractivity contribution in [2.24, 2.45) is 11.8 Å². The van der Waals surface area contributed by atoms with E-state index >= 15 is 0 Å². The van der Waals surface area contributed by atoms with Gasteiger partial charge in [-0.05, 0) is 18.4 Å². The number of hydrogen-bond acceptors (Lipinski definition) is 3. The summed E-state index contributed by atoms with van der Waals surface area (Å²) in [5.74, 6) is -0.206. The maximum atomic E-state index is 11.5. The molecule has 2 N–H and O–H groups in total. The van der Waals surface area contributed by atoms with E-state index in [2.05, 4.69) is 0 Å². The molecule has 0 heterocycles. The molecule has 0 saturated heterocycles. The van der Waals surface area contributed by atoms with Crippen molar-refractivity contribution >= 4 is 5.78 Å². The van der Waals surface area contributed by atoms with Crippen molar-refractivity contribution < 1.29 is 15.0 Å². The Morgan fingerprint density at radius 3 is 2.65 bits per heavy atom. The van der Waals surface area contributed by atoms with Crippen molar-refractivity contribution in [3.05, 3.63) is 48.0 Å². The Bertz CT molecular complexity index is 466. The number of ketones is 1. The van der Waals surface area contributed by atoms with E-state index < -0.39 is 12.2 Å². The molecule has 1 aliphatic rings. The summed E-state index contributed by atoms with van der Waals surface area (Å²) in [6.07, 6.45) is 4.07. The lowest BCUT2D eigenvalue weighted by atomic mass is 9.95. The average molecular weight is 274 g/mol. The number of hydrogen-bond donors (Lipinski definition) is 2. The highest BCUT2D eigenvalue weighted by Crippen LogP contribution is 2.30. The van der Waals surface area contributed by atoms with Crippen LogP contribution in [0.25, 0.3) is 0 Å². The molecule has 0 aliphatic heterocycles. The van der Waals surface area contributed by atoms with Gasteiger partial charge in [-0.2, -0.15) is 0 Å². The Balaban J connectivity index is 1.83. The Labute approximate surface area is 120 Å². The molecule has 1 aromatic carbocycles. The Kier molecular flexibility index (Phi) is 5.10. The SMILES string of the molecule is C[C@H]1C(=O)C[C@@H](O)[C@@H]1/C=C/[C@@H](O)CCc1ccccc1. The third-order valence-electron chi connectivity index (χ3n) is 4.07. The zero-order chi connectivity index (χ0) is 14.5. The van der Waals surface area contributed by atoms with Gasteiger partial charge in [0.25, 0.3) is 0 Å². The second kappa shape index (κ2) is 6.82. The maximum absolute atomic E-state index is 11.5. The third-order valence-corrected chi connectivity index (χ3v) is 4.07. The minimum Gasteiger partial charge on any atom is -0.392 e. The van der Waals surface area contributed by atoms with Gasteiger partial charge in [0.05, 0.1) is 12.2 Å². The first-order chi connectivity index (χ1) is 9.58. The molecule has 1 fully saturated rings. The number of carbonyl (C=O) groups excluding carboxylic acids is 1. The Morgan fingerprint density at radius 1 is 1.35 bits per heavy atom. The van der Waals surface area contributed by atoms with E-state index in [0.29, 0.717) is 6.42 Å². The quantitative estimate of drug-likeness (QED) is 0.809. The van der Waals surface area contributed by atoms with Gasteiger partial charge < -0.3 is 10.2 Å². The van der Waals surface area contributed by atoms with Crippen LogP contribution in [0.2, 0.25) is 0 Å². The smallest absolute Gasteiger partial charge is 0.138 e. The molecule has 0 aromatic heterocycles. The summed E-state index contributed by atoms with van der Waals surface area (Å²) in [6.45, 7) is 1.84. The van der Waals surface area contributed by atoms with Crippen LogP contribution >= 0.6 is 0 Å². The fraction of sp³-hybridized carbons (Fsp3) is 0.471. The molecule has 20 heavy (non-hydrogen) atoms. The first-order valence-corrected chi connectivity index (χ1v) is 7.19. The monoisotopic (exact) mass is 274 g/mol. The van der Waals surface area contributed by atoms with Gasteiger partial charge >= 0.3 is 0 Å². The molecular weight excluding hydrogens is 252 g/mol. The van der Waals surface area contributed by atoms with E-state index in [1.165, 1.54) is 5.56 Å². The molecular formula is C17H22O3. The number of rotatable bonds is 5. The van der Waals surface area contributed by atoms with Crippen LogP contribution in [-0.2, 0) is 11.2 Å². The number of aliphatic hydroxyl groups is 2. The summed E-state index contributed by atoms with van der Waals surface area (Å²) in [5, 5.41) is 19.8. The van der Waals surface area contributed by atoms with Gasteiger partial charge in [0.2, 0.25) is 0 Å². The normalized spacial score (nSPS) is 28.1. The minimum atomic E-state index is -0.602. The van der Waals surface area contributed by atoms with Crippen molar-refractivity contribution in [2.75, 3.05) is 0 Å². The number of Topliss-reactive ketones (excluding diaryl/α,β-unsaturated/α-hetero) is 1. The van der Waals surface area contributed by atoms with Gasteiger partial charge in [0.15, 0.2) is 0 Å². The molecule has 3 nitrogen and oxygen atoms in total. The standard InChI is InChI=1S/C17H22O3/c1-12-15(17(20)11-16(12)19)10-9-14(18)8-7-13-5-3-2-4-6-13/h2-6,9-10,12,14-15,17-18,20H,7-8,11H2,1H3/b10-9+/t12-,14+,15-,17-/m1/s1. The van der Waals surface area contributed by atoms with E-state index in [1.807, 2.05) is 37.3 Å². The van der Waals surface area contributed by atoms with Crippen LogP contribution in [-0.4, -0.2) is 28.2 Å². The summed E-state index contributed by atoms with van der Waals surface area (Å²) in [6, 6.07) is 10.0. The first kappa shape index (κ1) is 14.9. The second-order valence-corrected chi connectivity index (χ2v) is 5.58. The molecule has 0 amide bonds. The molecule has 2 rings (SSSR count). The van der Waals surface area contributed by atoms with E-state index in [0.717, 1.165) is 6.42 Å². The highest BCUT2D eigenvalue weighted by Gasteiger charge is 2.36. The van der Waals surface area contributed by atoms with Crippen LogP contribution in [0.5, 0.6) is 0 Å². The highest BCUT2D eigenvalue weighted by molar-refractivity contribution is 5.84. The summed E-state index contributed by atoms with van der Waals surface area (Å²) in [7, 11) is 0. The minimum absolute atomic E-state index is 0.103. The lowest BCUT2D eigenvalue weighted by molar-refractivity contribution is -0.120. The molecule has 0 unspecified atom stereocenters. The van der Waals surface area contributed by atoms with E-state index in [1.54, 1.807) is 12.2 Å². The van der Waals surface area contributed by atoms with Crippen LogP contribution in [0.1, 0.15) is 25.3 Å². The number of aryl methyl sites for hydroxylation is 1. The van der Waals surface area contributed by atoms with Crippen LogP contribution < -0.4 is 0 Å². The molecule has 4 atom stereocenters. The summed E-state index contributed by atoms with van der Waals surface area (Å²) in [4.78, 5) is 11.5. The van der Waals surface area contributed by atoms with Gasteiger partial charge in [-0.25, -0.2) is 0 Å². The zero-order valence-electron chi connectivity index (χ0n) is 11.8. The van der Waals surface area contributed by atoms with Crippen molar-refractivity contribution in [1.82, 2.24) is 0 Å². The van der Waals surface area contributed by atoms with Crippen LogP contribution in [0.3, 0.4) is 0 Å². The maximum Gasteiger partial charge on any atom is 0.138 e. The third kappa shape index (κ3) is 3.78. The molecule has 3 heteroatoms. The lowest BCUT2D eigenvalue weighted by Gasteiger charge is -2.14. The molecule has 0 bridgehead atoms. The van der Waals surface area contributed by atoms with Gasteiger partial charge in [-0.3, -0.25) is 4.79 Å². The van der Waals surface area contributed by atoms with Crippen molar-refractivity contribution in [1.29, 1.82) is 0 Å². The predicted molar refractivity (Wildman–Crippen MR) is 78.2 cm³/mol. The van der Waals surface area contributed by atoms with Gasteiger partial charge in [-0.1, -0.05) is 49.4 Å². The predicted octanol–water partition coefficient (Wildman–Crippen LogP) is 2.12. The summed E-state index contributed by atoms with van der Waals surface area (Å²) < 4.78 is 0. The number of carbonyl (C=O) groups is 1. The average Bonchev–Trinajstić information content (AvgIpc) is 2.69. The largest absolute Gasteiger partial charge is 0.392 e.